The zero-order valence-corrected chi connectivity index (χ0v) is 16.3. The standard InChI is InChI=1S/C20H18ClN5O3/c21-13-3-4-22-18(27)16(13)17-23-14-9-11-12(10-15(14)24-17)20(29)26(19(11)28)8-7-25-5-1-2-6-25/h3-4,9-10H,1-2,5-8H2,(H,22,27)(H,23,24). The number of hydrogen-bond donors (Lipinski definition) is 2. The number of benzene rings is 1. The average Bonchev–Trinajstić information content (AvgIpc) is 3.39. The van der Waals surface area contributed by atoms with Crippen molar-refractivity contribution >= 4 is 34.4 Å². The first kappa shape index (κ1) is 18.1. The van der Waals surface area contributed by atoms with Crippen LogP contribution in [0.25, 0.3) is 22.4 Å². The summed E-state index contributed by atoms with van der Waals surface area (Å²) in [4.78, 5) is 51.4. The van der Waals surface area contributed by atoms with Crippen LogP contribution in [-0.2, 0) is 0 Å². The van der Waals surface area contributed by atoms with Crippen molar-refractivity contribution in [3.8, 4) is 11.4 Å². The van der Waals surface area contributed by atoms with Crippen molar-refractivity contribution < 1.29 is 9.59 Å². The quantitative estimate of drug-likeness (QED) is 0.641. The first-order valence-electron chi connectivity index (χ1n) is 9.53. The van der Waals surface area contributed by atoms with Gasteiger partial charge in [0.25, 0.3) is 17.4 Å². The Morgan fingerprint density at radius 2 is 1.76 bits per heavy atom. The average molecular weight is 412 g/mol. The van der Waals surface area contributed by atoms with Gasteiger partial charge in [0.1, 0.15) is 11.4 Å². The molecule has 3 aromatic rings. The molecule has 2 aliphatic rings. The summed E-state index contributed by atoms with van der Waals surface area (Å²) in [6.07, 6.45) is 3.78. The maximum atomic E-state index is 12.8. The number of imide groups is 1. The summed E-state index contributed by atoms with van der Waals surface area (Å²) in [5.41, 5.74) is 1.61. The van der Waals surface area contributed by atoms with Crippen molar-refractivity contribution in [2.75, 3.05) is 26.2 Å². The molecule has 8 nitrogen and oxygen atoms in total. The second-order valence-corrected chi connectivity index (χ2v) is 7.75. The van der Waals surface area contributed by atoms with Crippen molar-refractivity contribution in [1.29, 1.82) is 0 Å². The van der Waals surface area contributed by atoms with Gasteiger partial charge in [-0.05, 0) is 44.1 Å². The van der Waals surface area contributed by atoms with Crippen molar-refractivity contribution in [2.45, 2.75) is 12.8 Å². The largest absolute Gasteiger partial charge is 0.338 e. The van der Waals surface area contributed by atoms with Gasteiger partial charge in [-0.2, -0.15) is 0 Å². The molecule has 0 atom stereocenters. The Balaban J connectivity index is 1.48. The first-order chi connectivity index (χ1) is 14.0. The highest BCUT2D eigenvalue weighted by atomic mass is 35.5. The molecule has 1 aromatic carbocycles. The van der Waals surface area contributed by atoms with Crippen LogP contribution < -0.4 is 5.56 Å². The number of likely N-dealkylation sites (tertiary alicyclic amines) is 1. The molecule has 1 fully saturated rings. The molecule has 2 amide bonds. The molecule has 2 aromatic heterocycles. The fourth-order valence-corrected chi connectivity index (χ4v) is 4.28. The lowest BCUT2D eigenvalue weighted by atomic mass is 10.1. The highest BCUT2D eigenvalue weighted by Gasteiger charge is 2.36. The number of nitrogens with one attached hydrogen (secondary N) is 2. The Kier molecular flexibility index (Phi) is 4.25. The number of H-pyrrole nitrogens is 2. The molecule has 5 rings (SSSR count). The third-order valence-electron chi connectivity index (χ3n) is 5.56. The Morgan fingerprint density at radius 3 is 2.48 bits per heavy atom. The Hall–Kier alpha value is -2.97. The molecule has 0 radical (unpaired) electrons. The lowest BCUT2D eigenvalue weighted by Crippen LogP contribution is -2.37. The number of rotatable bonds is 4. The number of nitrogens with zero attached hydrogens (tertiary/aromatic N) is 3. The van der Waals surface area contributed by atoms with Crippen molar-refractivity contribution in [1.82, 2.24) is 24.8 Å². The van der Waals surface area contributed by atoms with Gasteiger partial charge in [0.2, 0.25) is 0 Å². The van der Waals surface area contributed by atoms with E-state index in [0.29, 0.717) is 41.1 Å². The van der Waals surface area contributed by atoms with Crippen LogP contribution in [0.4, 0.5) is 0 Å². The molecule has 0 spiro atoms. The molecule has 0 bridgehead atoms. The van der Waals surface area contributed by atoms with E-state index in [4.69, 9.17) is 11.6 Å². The fraction of sp³-hybridized carbons (Fsp3) is 0.300. The van der Waals surface area contributed by atoms with Gasteiger partial charge in [-0.15, -0.1) is 0 Å². The van der Waals surface area contributed by atoms with E-state index >= 15 is 0 Å². The predicted molar refractivity (Wildman–Crippen MR) is 108 cm³/mol. The van der Waals surface area contributed by atoms with E-state index < -0.39 is 0 Å². The number of aromatic amines is 2. The minimum atomic E-state index is -0.371. The second kappa shape index (κ2) is 6.82. The van der Waals surface area contributed by atoms with Crippen LogP contribution in [0.3, 0.4) is 0 Å². The molecular weight excluding hydrogens is 394 g/mol. The molecule has 4 heterocycles. The van der Waals surface area contributed by atoms with Crippen LogP contribution in [0.2, 0.25) is 5.02 Å². The summed E-state index contributed by atoms with van der Waals surface area (Å²) < 4.78 is 0. The summed E-state index contributed by atoms with van der Waals surface area (Å²) in [5, 5.41) is 0.264. The Morgan fingerprint density at radius 1 is 1.03 bits per heavy atom. The minimum Gasteiger partial charge on any atom is -0.338 e. The van der Waals surface area contributed by atoms with Gasteiger partial charge in [0.15, 0.2) is 0 Å². The monoisotopic (exact) mass is 411 g/mol. The van der Waals surface area contributed by atoms with Crippen LogP contribution in [0.15, 0.2) is 29.2 Å². The van der Waals surface area contributed by atoms with E-state index in [1.54, 1.807) is 18.2 Å². The van der Waals surface area contributed by atoms with Crippen LogP contribution in [0, 0.1) is 0 Å². The topological polar surface area (TPSA) is 102 Å². The summed E-state index contributed by atoms with van der Waals surface area (Å²) >= 11 is 6.15. The molecule has 0 saturated carbocycles. The molecule has 9 heteroatoms. The number of pyridine rings is 1. The third kappa shape index (κ3) is 2.95. The van der Waals surface area contributed by atoms with E-state index in [-0.39, 0.29) is 28.0 Å². The van der Waals surface area contributed by atoms with Crippen molar-refractivity contribution in [3.63, 3.8) is 0 Å². The van der Waals surface area contributed by atoms with E-state index in [0.717, 1.165) is 25.9 Å². The maximum Gasteiger partial charge on any atom is 0.261 e. The number of carbonyl (C=O) groups is 2. The molecule has 148 valence electrons. The lowest BCUT2D eigenvalue weighted by molar-refractivity contribution is 0.0640. The summed E-state index contributed by atoms with van der Waals surface area (Å²) in [6.45, 7) is 3.11. The summed E-state index contributed by atoms with van der Waals surface area (Å²) in [5.74, 6) is -0.301. The zero-order valence-electron chi connectivity index (χ0n) is 15.5. The van der Waals surface area contributed by atoms with Gasteiger partial charge >= 0.3 is 0 Å². The van der Waals surface area contributed by atoms with E-state index in [9.17, 15) is 14.4 Å². The van der Waals surface area contributed by atoms with Gasteiger partial charge in [-0.1, -0.05) is 11.6 Å². The zero-order chi connectivity index (χ0) is 20.1. The van der Waals surface area contributed by atoms with Crippen molar-refractivity contribution in [3.05, 3.63) is 50.9 Å². The number of carbonyl (C=O) groups excluding carboxylic acids is 2. The van der Waals surface area contributed by atoms with E-state index in [1.165, 1.54) is 11.1 Å². The number of aromatic nitrogens is 3. The van der Waals surface area contributed by atoms with E-state index in [1.807, 2.05) is 0 Å². The van der Waals surface area contributed by atoms with Gasteiger partial charge in [-0.3, -0.25) is 19.3 Å². The molecule has 29 heavy (non-hydrogen) atoms. The van der Waals surface area contributed by atoms with Gasteiger partial charge in [0.05, 0.1) is 27.2 Å². The Labute approximate surface area is 170 Å². The summed E-state index contributed by atoms with van der Waals surface area (Å²) in [6, 6.07) is 4.80. The SMILES string of the molecule is O=C1c2cc3nc(-c4c(Cl)cc[nH]c4=O)[nH]c3cc2C(=O)N1CCN1CCCC1. The highest BCUT2D eigenvalue weighted by molar-refractivity contribution is 6.33. The van der Waals surface area contributed by atoms with Crippen LogP contribution in [0.1, 0.15) is 33.6 Å². The number of hydrogen-bond acceptors (Lipinski definition) is 5. The molecule has 0 unspecified atom stereocenters. The molecular formula is C20H18ClN5O3. The van der Waals surface area contributed by atoms with Gasteiger partial charge in [-0.25, -0.2) is 4.98 Å². The number of amides is 2. The van der Waals surface area contributed by atoms with Crippen LogP contribution >= 0.6 is 11.6 Å². The third-order valence-corrected chi connectivity index (χ3v) is 5.87. The van der Waals surface area contributed by atoms with Gasteiger partial charge in [0, 0.05) is 19.3 Å². The second-order valence-electron chi connectivity index (χ2n) is 7.34. The number of imidazole rings is 1. The number of halogens is 1. The summed E-state index contributed by atoms with van der Waals surface area (Å²) in [7, 11) is 0. The maximum absolute atomic E-state index is 12.8. The van der Waals surface area contributed by atoms with Crippen LogP contribution in [-0.4, -0.2) is 62.7 Å². The molecule has 2 aliphatic heterocycles. The fourth-order valence-electron chi connectivity index (χ4n) is 4.04. The molecule has 1 saturated heterocycles. The predicted octanol–water partition coefficient (Wildman–Crippen LogP) is 2.26. The minimum absolute atomic E-state index is 0.218. The number of fused-ring (bicyclic) bond motifs is 2. The lowest BCUT2D eigenvalue weighted by Gasteiger charge is -2.19. The Bertz CT molecular complexity index is 1160. The normalized spacial score (nSPS) is 16.9. The highest BCUT2D eigenvalue weighted by Crippen LogP contribution is 2.29. The van der Waals surface area contributed by atoms with E-state index in [2.05, 4.69) is 19.9 Å². The molecule has 0 aliphatic carbocycles. The van der Waals surface area contributed by atoms with Crippen LogP contribution in [0.5, 0.6) is 0 Å². The molecule has 2 N–H and O–H groups in total. The smallest absolute Gasteiger partial charge is 0.261 e. The van der Waals surface area contributed by atoms with Gasteiger partial charge < -0.3 is 14.9 Å². The van der Waals surface area contributed by atoms with Crippen molar-refractivity contribution in [2.24, 2.45) is 0 Å². The first-order valence-corrected chi connectivity index (χ1v) is 9.90.